The van der Waals surface area contributed by atoms with Crippen LogP contribution in [0.5, 0.6) is 0 Å². The Morgan fingerprint density at radius 1 is 1.17 bits per heavy atom. The van der Waals surface area contributed by atoms with Gasteiger partial charge in [0.05, 0.1) is 12.2 Å². The Kier molecular flexibility index (Phi) is 6.26. The molecule has 3 aromatic rings. The maximum atomic E-state index is 12.8. The molecule has 5 nitrogen and oxygen atoms in total. The second kappa shape index (κ2) is 9.24. The molecule has 2 aromatic heterocycles. The van der Waals surface area contributed by atoms with Crippen LogP contribution >= 0.6 is 0 Å². The van der Waals surface area contributed by atoms with Crippen molar-refractivity contribution in [1.29, 1.82) is 0 Å². The first kappa shape index (κ1) is 20.3. The smallest absolute Gasteiger partial charge is 0.223 e. The standard InChI is InChI=1S/C25H29N3O2/c1-18(2)16-19-5-7-21(8-6-19)23-17-27-24(30-23)9-10-25(29)28-15-3-4-22(28)20-11-13-26-14-12-20/h5-8,11-14,17-18,22H,3-4,9-10,15-16H2,1-2H3. The summed E-state index contributed by atoms with van der Waals surface area (Å²) < 4.78 is 5.93. The van der Waals surface area contributed by atoms with Gasteiger partial charge in [-0.3, -0.25) is 9.78 Å². The molecule has 5 heteroatoms. The van der Waals surface area contributed by atoms with E-state index in [4.69, 9.17) is 4.42 Å². The summed E-state index contributed by atoms with van der Waals surface area (Å²) >= 11 is 0. The van der Waals surface area contributed by atoms with Crippen molar-refractivity contribution < 1.29 is 9.21 Å². The van der Waals surface area contributed by atoms with Crippen molar-refractivity contribution in [1.82, 2.24) is 14.9 Å². The topological polar surface area (TPSA) is 59.2 Å². The van der Waals surface area contributed by atoms with Gasteiger partial charge in [0.1, 0.15) is 0 Å². The molecular weight excluding hydrogens is 374 g/mol. The summed E-state index contributed by atoms with van der Waals surface area (Å²) in [7, 11) is 0. The second-order valence-corrected chi connectivity index (χ2v) is 8.44. The number of aryl methyl sites for hydroxylation is 1. The maximum Gasteiger partial charge on any atom is 0.223 e. The first-order valence-corrected chi connectivity index (χ1v) is 10.8. The number of pyridine rings is 1. The van der Waals surface area contributed by atoms with Crippen LogP contribution in [0, 0.1) is 5.92 Å². The number of likely N-dealkylation sites (tertiary alicyclic amines) is 1. The normalized spacial score (nSPS) is 16.4. The third-order valence-corrected chi connectivity index (χ3v) is 5.65. The fourth-order valence-electron chi connectivity index (χ4n) is 4.19. The van der Waals surface area contributed by atoms with Gasteiger partial charge in [0.15, 0.2) is 11.7 Å². The van der Waals surface area contributed by atoms with Crippen LogP contribution < -0.4 is 0 Å². The van der Waals surface area contributed by atoms with Crippen molar-refractivity contribution in [2.24, 2.45) is 5.92 Å². The molecule has 1 aromatic carbocycles. The lowest BCUT2D eigenvalue weighted by molar-refractivity contribution is -0.132. The van der Waals surface area contributed by atoms with E-state index in [2.05, 4.69) is 48.1 Å². The first-order valence-electron chi connectivity index (χ1n) is 10.8. The number of nitrogens with zero attached hydrogens (tertiary/aromatic N) is 3. The SMILES string of the molecule is CC(C)Cc1ccc(-c2cnc(CCC(=O)N3CCCC3c3ccncc3)o2)cc1. The number of hydrogen-bond donors (Lipinski definition) is 0. The summed E-state index contributed by atoms with van der Waals surface area (Å²) in [6, 6.07) is 12.6. The van der Waals surface area contributed by atoms with Crippen LogP contribution in [-0.2, 0) is 17.6 Å². The summed E-state index contributed by atoms with van der Waals surface area (Å²) in [5.74, 6) is 2.17. The molecule has 1 fully saturated rings. The summed E-state index contributed by atoms with van der Waals surface area (Å²) in [5.41, 5.74) is 3.51. The molecule has 1 amide bonds. The van der Waals surface area contributed by atoms with Crippen LogP contribution in [0.25, 0.3) is 11.3 Å². The average Bonchev–Trinajstić information content (AvgIpc) is 3.43. The number of rotatable bonds is 7. The van der Waals surface area contributed by atoms with Gasteiger partial charge in [-0.1, -0.05) is 38.1 Å². The van der Waals surface area contributed by atoms with Crippen molar-refractivity contribution in [3.63, 3.8) is 0 Å². The molecule has 0 bridgehead atoms. The highest BCUT2D eigenvalue weighted by atomic mass is 16.4. The van der Waals surface area contributed by atoms with Crippen LogP contribution in [0.1, 0.15) is 56.2 Å². The van der Waals surface area contributed by atoms with Gasteiger partial charge < -0.3 is 9.32 Å². The van der Waals surface area contributed by atoms with Crippen LogP contribution in [0.15, 0.2) is 59.4 Å². The lowest BCUT2D eigenvalue weighted by Crippen LogP contribution is -2.30. The Morgan fingerprint density at radius 3 is 2.67 bits per heavy atom. The monoisotopic (exact) mass is 403 g/mol. The van der Waals surface area contributed by atoms with Crippen LogP contribution in [-0.4, -0.2) is 27.3 Å². The van der Waals surface area contributed by atoms with E-state index in [0.29, 0.717) is 24.7 Å². The fourth-order valence-corrected chi connectivity index (χ4v) is 4.19. The Bertz CT molecular complexity index is 964. The van der Waals surface area contributed by atoms with Gasteiger partial charge in [0.25, 0.3) is 0 Å². The van der Waals surface area contributed by atoms with Crippen molar-refractivity contribution in [3.05, 3.63) is 72.0 Å². The summed E-state index contributed by atoms with van der Waals surface area (Å²) in [4.78, 5) is 23.3. The van der Waals surface area contributed by atoms with Crippen LogP contribution in [0.3, 0.4) is 0 Å². The first-order chi connectivity index (χ1) is 14.6. The van der Waals surface area contributed by atoms with Gasteiger partial charge in [0, 0.05) is 37.3 Å². The highest BCUT2D eigenvalue weighted by molar-refractivity contribution is 5.77. The van der Waals surface area contributed by atoms with E-state index in [0.717, 1.165) is 42.7 Å². The zero-order chi connectivity index (χ0) is 20.9. The van der Waals surface area contributed by atoms with Crippen molar-refractivity contribution >= 4 is 5.91 Å². The molecule has 4 rings (SSSR count). The van der Waals surface area contributed by atoms with E-state index in [1.165, 1.54) is 5.56 Å². The average molecular weight is 404 g/mol. The molecule has 156 valence electrons. The number of aromatic nitrogens is 2. The third-order valence-electron chi connectivity index (χ3n) is 5.65. The molecule has 30 heavy (non-hydrogen) atoms. The zero-order valence-electron chi connectivity index (χ0n) is 17.8. The van der Waals surface area contributed by atoms with E-state index in [1.54, 1.807) is 18.6 Å². The van der Waals surface area contributed by atoms with Gasteiger partial charge in [0.2, 0.25) is 5.91 Å². The molecule has 1 saturated heterocycles. The highest BCUT2D eigenvalue weighted by Crippen LogP contribution is 2.32. The van der Waals surface area contributed by atoms with Crippen LogP contribution in [0.4, 0.5) is 0 Å². The fraction of sp³-hybridized carbons (Fsp3) is 0.400. The van der Waals surface area contributed by atoms with E-state index < -0.39 is 0 Å². The molecule has 0 saturated carbocycles. The van der Waals surface area contributed by atoms with Gasteiger partial charge in [-0.25, -0.2) is 4.98 Å². The zero-order valence-corrected chi connectivity index (χ0v) is 17.8. The third kappa shape index (κ3) is 4.78. The molecule has 0 spiro atoms. The number of carbonyl (C=O) groups is 1. The number of oxazole rings is 1. The van der Waals surface area contributed by atoms with Gasteiger partial charge in [-0.05, 0) is 48.4 Å². The Balaban J connectivity index is 1.35. The lowest BCUT2D eigenvalue weighted by Gasteiger charge is -2.24. The van der Waals surface area contributed by atoms with E-state index in [9.17, 15) is 4.79 Å². The maximum absolute atomic E-state index is 12.8. The predicted octanol–water partition coefficient (Wildman–Crippen LogP) is 5.23. The van der Waals surface area contributed by atoms with Crippen molar-refractivity contribution in [2.75, 3.05) is 6.54 Å². The number of carbonyl (C=O) groups excluding carboxylic acids is 1. The molecule has 0 N–H and O–H groups in total. The molecule has 3 heterocycles. The number of hydrogen-bond acceptors (Lipinski definition) is 4. The van der Waals surface area contributed by atoms with Crippen molar-refractivity contribution in [3.8, 4) is 11.3 Å². The second-order valence-electron chi connectivity index (χ2n) is 8.44. The predicted molar refractivity (Wildman–Crippen MR) is 117 cm³/mol. The summed E-state index contributed by atoms with van der Waals surface area (Å²) in [6.07, 6.45) is 9.38. The van der Waals surface area contributed by atoms with Crippen LogP contribution in [0.2, 0.25) is 0 Å². The number of benzene rings is 1. The Hall–Kier alpha value is -2.95. The Labute approximate surface area is 178 Å². The Morgan fingerprint density at radius 2 is 1.93 bits per heavy atom. The quantitative estimate of drug-likeness (QED) is 0.542. The molecule has 0 aliphatic carbocycles. The van der Waals surface area contributed by atoms with E-state index in [1.807, 2.05) is 17.0 Å². The largest absolute Gasteiger partial charge is 0.441 e. The summed E-state index contributed by atoms with van der Waals surface area (Å²) in [5, 5.41) is 0. The molecule has 1 aliphatic heterocycles. The van der Waals surface area contributed by atoms with E-state index >= 15 is 0 Å². The van der Waals surface area contributed by atoms with E-state index in [-0.39, 0.29) is 11.9 Å². The van der Waals surface area contributed by atoms with Gasteiger partial charge >= 0.3 is 0 Å². The summed E-state index contributed by atoms with van der Waals surface area (Å²) in [6.45, 7) is 5.25. The van der Waals surface area contributed by atoms with Gasteiger partial charge in [-0.15, -0.1) is 0 Å². The minimum atomic E-state index is 0.157. The molecule has 1 aliphatic rings. The minimum absolute atomic E-state index is 0.157. The molecular formula is C25H29N3O2. The molecule has 1 unspecified atom stereocenters. The lowest BCUT2D eigenvalue weighted by atomic mass is 10.0. The highest BCUT2D eigenvalue weighted by Gasteiger charge is 2.29. The number of amides is 1. The minimum Gasteiger partial charge on any atom is -0.441 e. The molecule has 1 atom stereocenters. The van der Waals surface area contributed by atoms with Gasteiger partial charge in [-0.2, -0.15) is 0 Å². The molecule has 0 radical (unpaired) electrons. The van der Waals surface area contributed by atoms with Crippen molar-refractivity contribution in [2.45, 2.75) is 52.0 Å².